The van der Waals surface area contributed by atoms with E-state index in [0.717, 1.165) is 11.1 Å². The highest BCUT2D eigenvalue weighted by Gasteiger charge is 2.05. The summed E-state index contributed by atoms with van der Waals surface area (Å²) in [5.74, 6) is -0.505. The van der Waals surface area contributed by atoms with Crippen LogP contribution in [0.25, 0.3) is 12.2 Å². The first-order chi connectivity index (χ1) is 15.1. The van der Waals surface area contributed by atoms with Crippen molar-refractivity contribution < 1.29 is 9.59 Å². The number of hydrazone groups is 1. The number of carbonyl (C=O) groups is 2. The van der Waals surface area contributed by atoms with Crippen LogP contribution in [0.1, 0.15) is 28.4 Å². The Labute approximate surface area is 181 Å². The molecule has 31 heavy (non-hydrogen) atoms. The van der Waals surface area contributed by atoms with Crippen molar-refractivity contribution in [3.05, 3.63) is 114 Å². The first-order valence-electron chi connectivity index (χ1n) is 9.82. The van der Waals surface area contributed by atoms with E-state index in [4.69, 9.17) is 0 Å². The summed E-state index contributed by atoms with van der Waals surface area (Å²) >= 11 is 0. The Morgan fingerprint density at radius 2 is 1.26 bits per heavy atom. The average molecular weight is 409 g/mol. The third kappa shape index (κ3) is 7.25. The molecule has 2 N–H and O–H groups in total. The molecule has 3 aromatic rings. The van der Waals surface area contributed by atoms with Crippen LogP contribution >= 0.6 is 0 Å². The molecular weight excluding hydrogens is 386 g/mol. The summed E-state index contributed by atoms with van der Waals surface area (Å²) < 4.78 is 0. The third-order valence-corrected chi connectivity index (χ3v) is 4.25. The fraction of sp³-hybridized carbons (Fsp3) is 0.0385. The van der Waals surface area contributed by atoms with Crippen molar-refractivity contribution in [2.75, 3.05) is 5.32 Å². The Kier molecular flexibility index (Phi) is 7.66. The Morgan fingerprint density at radius 1 is 0.742 bits per heavy atom. The highest BCUT2D eigenvalue weighted by molar-refractivity contribution is 6.09. The van der Waals surface area contributed by atoms with Gasteiger partial charge in [-0.05, 0) is 47.5 Å². The molecular formula is C26H23N3O2. The van der Waals surface area contributed by atoms with Gasteiger partial charge >= 0.3 is 0 Å². The topological polar surface area (TPSA) is 70.6 Å². The summed E-state index contributed by atoms with van der Waals surface area (Å²) in [6, 6.07) is 26.3. The molecule has 5 heteroatoms. The molecule has 154 valence electrons. The number of nitrogens with zero attached hydrogens (tertiary/aromatic N) is 1. The number of amides is 2. The zero-order chi connectivity index (χ0) is 21.9. The lowest BCUT2D eigenvalue weighted by atomic mass is 10.1. The fourth-order valence-corrected chi connectivity index (χ4v) is 2.71. The number of hydrogen-bond acceptors (Lipinski definition) is 3. The summed E-state index contributed by atoms with van der Waals surface area (Å²) in [5, 5.41) is 6.94. The van der Waals surface area contributed by atoms with E-state index in [-0.39, 0.29) is 11.8 Å². The summed E-state index contributed by atoms with van der Waals surface area (Å²) in [6.45, 7) is 1.43. The van der Waals surface area contributed by atoms with Gasteiger partial charge in [0.1, 0.15) is 0 Å². The van der Waals surface area contributed by atoms with Gasteiger partial charge in [0.25, 0.3) is 5.91 Å². The molecule has 0 heterocycles. The number of allylic oxidation sites excluding steroid dienone is 2. The van der Waals surface area contributed by atoms with Crippen molar-refractivity contribution in [2.45, 2.75) is 6.92 Å². The van der Waals surface area contributed by atoms with Crippen LogP contribution in [0.4, 0.5) is 5.69 Å². The van der Waals surface area contributed by atoms with Gasteiger partial charge in [0.15, 0.2) is 0 Å². The van der Waals surface area contributed by atoms with Crippen LogP contribution in [-0.2, 0) is 4.79 Å². The normalized spacial score (nSPS) is 10.7. The van der Waals surface area contributed by atoms with Gasteiger partial charge in [-0.3, -0.25) is 9.59 Å². The maximum Gasteiger partial charge on any atom is 0.271 e. The van der Waals surface area contributed by atoms with Gasteiger partial charge < -0.3 is 5.32 Å². The van der Waals surface area contributed by atoms with E-state index in [1.165, 1.54) is 6.92 Å². The molecule has 0 saturated heterocycles. The van der Waals surface area contributed by atoms with Crippen LogP contribution in [0.5, 0.6) is 0 Å². The third-order valence-electron chi connectivity index (χ3n) is 4.25. The van der Waals surface area contributed by atoms with Crippen molar-refractivity contribution in [2.24, 2.45) is 5.10 Å². The highest BCUT2D eigenvalue weighted by atomic mass is 16.2. The van der Waals surface area contributed by atoms with Crippen molar-refractivity contribution in [3.8, 4) is 0 Å². The first-order valence-corrected chi connectivity index (χ1v) is 9.82. The Morgan fingerprint density at radius 3 is 1.74 bits per heavy atom. The van der Waals surface area contributed by atoms with Gasteiger partial charge in [-0.2, -0.15) is 5.10 Å². The molecule has 0 spiro atoms. The largest absolute Gasteiger partial charge is 0.326 e. The zero-order valence-electron chi connectivity index (χ0n) is 17.2. The molecule has 2 amide bonds. The van der Waals surface area contributed by atoms with Gasteiger partial charge in [-0.15, -0.1) is 0 Å². The van der Waals surface area contributed by atoms with Crippen molar-refractivity contribution >= 4 is 35.4 Å². The quantitative estimate of drug-likeness (QED) is 0.418. The molecule has 0 aromatic heterocycles. The van der Waals surface area contributed by atoms with E-state index in [9.17, 15) is 9.59 Å². The van der Waals surface area contributed by atoms with E-state index >= 15 is 0 Å². The Balaban J connectivity index is 1.75. The van der Waals surface area contributed by atoms with Crippen LogP contribution in [-0.4, -0.2) is 17.5 Å². The van der Waals surface area contributed by atoms with Gasteiger partial charge in [0.2, 0.25) is 5.91 Å². The lowest BCUT2D eigenvalue weighted by Gasteiger charge is -2.04. The minimum absolute atomic E-state index is 0.165. The molecule has 0 atom stereocenters. The molecule has 5 nitrogen and oxygen atoms in total. The number of rotatable bonds is 7. The summed E-state index contributed by atoms with van der Waals surface area (Å²) in [7, 11) is 0. The predicted octanol–water partition coefficient (Wildman–Crippen LogP) is 5.16. The number of anilines is 1. The summed E-state index contributed by atoms with van der Waals surface area (Å²) in [6.07, 6.45) is 7.55. The molecule has 0 bridgehead atoms. The number of benzene rings is 3. The molecule has 0 fully saturated rings. The minimum Gasteiger partial charge on any atom is -0.326 e. The van der Waals surface area contributed by atoms with E-state index in [1.807, 2.05) is 85.0 Å². The number of carbonyl (C=O) groups excluding carboxylic acids is 2. The molecule has 0 saturated carbocycles. The molecule has 3 aromatic carbocycles. The molecule has 0 aliphatic rings. The van der Waals surface area contributed by atoms with Crippen molar-refractivity contribution in [1.82, 2.24) is 5.43 Å². The highest BCUT2D eigenvalue weighted by Crippen LogP contribution is 2.10. The molecule has 0 unspecified atom stereocenters. The maximum absolute atomic E-state index is 12.5. The van der Waals surface area contributed by atoms with Gasteiger partial charge in [-0.1, -0.05) is 72.8 Å². The van der Waals surface area contributed by atoms with Crippen LogP contribution in [0.2, 0.25) is 0 Å². The molecule has 3 rings (SSSR count). The summed E-state index contributed by atoms with van der Waals surface area (Å²) in [5.41, 5.74) is 6.32. The van der Waals surface area contributed by atoms with Gasteiger partial charge in [0.05, 0.1) is 5.71 Å². The van der Waals surface area contributed by atoms with Crippen LogP contribution in [0.15, 0.2) is 102 Å². The second-order valence-corrected chi connectivity index (χ2v) is 6.72. The average Bonchev–Trinajstić information content (AvgIpc) is 2.80. The fourth-order valence-electron chi connectivity index (χ4n) is 2.71. The molecule has 0 radical (unpaired) electrons. The molecule has 0 aliphatic carbocycles. The smallest absolute Gasteiger partial charge is 0.271 e. The lowest BCUT2D eigenvalue weighted by Crippen LogP contribution is -2.19. The van der Waals surface area contributed by atoms with Gasteiger partial charge in [-0.25, -0.2) is 5.43 Å². The second-order valence-electron chi connectivity index (χ2n) is 6.72. The minimum atomic E-state index is -0.340. The SMILES string of the molecule is CC(=O)Nc1ccc(C(=O)NN=C(C=Cc2ccccc2)C=Cc2ccccc2)cc1. The lowest BCUT2D eigenvalue weighted by molar-refractivity contribution is -0.114. The van der Waals surface area contributed by atoms with E-state index in [2.05, 4.69) is 15.8 Å². The maximum atomic E-state index is 12.5. The van der Waals surface area contributed by atoms with Crippen LogP contribution < -0.4 is 10.7 Å². The van der Waals surface area contributed by atoms with Crippen LogP contribution in [0, 0.1) is 0 Å². The van der Waals surface area contributed by atoms with Crippen molar-refractivity contribution in [1.29, 1.82) is 0 Å². The van der Waals surface area contributed by atoms with Crippen molar-refractivity contribution in [3.63, 3.8) is 0 Å². The Hall–Kier alpha value is -4.25. The van der Waals surface area contributed by atoms with Gasteiger partial charge in [0, 0.05) is 18.2 Å². The second kappa shape index (κ2) is 11.1. The van der Waals surface area contributed by atoms with E-state index < -0.39 is 0 Å². The van der Waals surface area contributed by atoms with E-state index in [0.29, 0.717) is 17.0 Å². The zero-order valence-corrected chi connectivity index (χ0v) is 17.2. The number of hydrogen-bond donors (Lipinski definition) is 2. The standard InChI is InChI=1S/C26H23N3O2/c1-20(30)27-24-18-14-23(15-19-24)26(31)29-28-25(16-12-21-8-4-2-5-9-21)17-13-22-10-6-3-7-11-22/h2-19H,1H3,(H,27,30)(H,29,31). The predicted molar refractivity (Wildman–Crippen MR) is 127 cm³/mol. The first kappa shape index (κ1) is 21.5. The Bertz CT molecular complexity index is 1050. The summed E-state index contributed by atoms with van der Waals surface area (Å²) in [4.78, 5) is 23.6. The van der Waals surface area contributed by atoms with Crippen LogP contribution in [0.3, 0.4) is 0 Å². The van der Waals surface area contributed by atoms with E-state index in [1.54, 1.807) is 24.3 Å². The molecule has 0 aliphatic heterocycles. The monoisotopic (exact) mass is 409 g/mol. The number of nitrogens with one attached hydrogen (secondary N) is 2.